The van der Waals surface area contributed by atoms with Crippen molar-refractivity contribution in [3.8, 4) is 0 Å². The van der Waals surface area contributed by atoms with E-state index in [9.17, 15) is 0 Å². The molecule has 0 unspecified atom stereocenters. The third-order valence-corrected chi connectivity index (χ3v) is 16.3. The summed E-state index contributed by atoms with van der Waals surface area (Å²) in [5.74, 6) is 6.26. The number of aryl methyl sites for hydroxylation is 17. The van der Waals surface area contributed by atoms with Gasteiger partial charge < -0.3 is 18.3 Å². The summed E-state index contributed by atoms with van der Waals surface area (Å²) < 4.78 is 12.6. The first kappa shape index (κ1) is 69.8. The SMILES string of the molecule is Cc1nc(C)c2c(C)c(C)n(C(C)C)c2n1.Cc1nc(C)c2c(C)nn(C(C)C)c2n1.Cc1nc(C)c2nc(C)n(C(C)C)c2n1.Cc1nc(C)c2nnn(C(C)C)c2n1.Cc1nc2c(nc(C)n2C(C)C)c(C)c1C.Cc1nc2nc(C)n(C(C)C)c2nc1C. The minimum atomic E-state index is 0.272. The van der Waals surface area contributed by atoms with Gasteiger partial charge in [0.1, 0.15) is 57.5 Å². The number of hydrogen-bond donors (Lipinski definition) is 0. The van der Waals surface area contributed by atoms with Crippen molar-refractivity contribution in [3.05, 3.63) is 109 Å². The zero-order valence-corrected chi connectivity index (χ0v) is 60.3. The Bertz CT molecular complexity index is 4600. The molecule has 0 spiro atoms. The second kappa shape index (κ2) is 27.9. The van der Waals surface area contributed by atoms with Crippen molar-refractivity contribution in [2.24, 2.45) is 0 Å². The molecule has 486 valence electrons. The van der Waals surface area contributed by atoms with E-state index in [4.69, 9.17) is 0 Å². The van der Waals surface area contributed by atoms with Crippen LogP contribution >= 0.6 is 0 Å². The fraction of sp³-hybridized carbons (Fsp3) is 0.544. The molecule has 0 N–H and O–H groups in total. The Morgan fingerprint density at radius 2 is 0.659 bits per heavy atom. The molecule has 0 fully saturated rings. The van der Waals surface area contributed by atoms with Crippen LogP contribution < -0.4 is 0 Å². The van der Waals surface area contributed by atoms with Crippen molar-refractivity contribution < 1.29 is 0 Å². The number of pyridine rings is 1. The van der Waals surface area contributed by atoms with Crippen LogP contribution in [0.3, 0.4) is 0 Å². The Labute approximate surface area is 536 Å². The van der Waals surface area contributed by atoms with Gasteiger partial charge in [-0.1, -0.05) is 5.21 Å². The summed E-state index contributed by atoms with van der Waals surface area (Å²) in [7, 11) is 0. The topological polar surface area (TPSA) is 249 Å². The number of hydrogen-bond acceptors (Lipinski definition) is 17. The number of nitrogens with zero attached hydrogens (tertiary/aromatic N) is 23. The van der Waals surface area contributed by atoms with Crippen LogP contribution in [0.1, 0.15) is 228 Å². The van der Waals surface area contributed by atoms with Gasteiger partial charge in [-0.25, -0.2) is 79.1 Å². The minimum Gasteiger partial charge on any atom is -0.327 e. The molecule has 0 aliphatic rings. The quantitative estimate of drug-likeness (QED) is 0.150. The highest BCUT2D eigenvalue weighted by Gasteiger charge is 2.21. The number of fused-ring (bicyclic) bond motifs is 6. The molecule has 0 saturated heterocycles. The molecule has 23 nitrogen and oxygen atoms in total. The van der Waals surface area contributed by atoms with Crippen molar-refractivity contribution in [3.63, 3.8) is 0 Å². The maximum Gasteiger partial charge on any atom is 0.197 e. The van der Waals surface area contributed by atoms with Gasteiger partial charge in [0.15, 0.2) is 39.4 Å². The highest BCUT2D eigenvalue weighted by Crippen LogP contribution is 2.30. The molecule has 12 aromatic rings. The average molecular weight is 1240 g/mol. The van der Waals surface area contributed by atoms with E-state index in [1.54, 1.807) is 0 Å². The molecule has 12 rings (SSSR count). The standard InChI is InChI=1S/2C13H19N3.3C11H16N4.C9H13N5/c1-7(2)16-10(5)8(3)12-9(4)14-11(6)15-13(12)16;1-7(2)16-11(6)15-12-9(4)8(3)10(5)14-13(12)16;1-6(2)15-9(5)14-10-7(3)12-8(4)13-11(10)15;1-6(2)15-11-10(8(4)14-15)7(3)12-9(5)13-11;1-6(2)15-9(5)14-10-11(15)13-8(4)7(3)12-10;1-5(2)14-9-8(12-13-14)6(3)10-7(4)11-9/h2*7H,1-6H3;3*6H,1-5H3;5H,1-4H3. The summed E-state index contributed by atoms with van der Waals surface area (Å²) in [6.45, 7) is 63.9. The normalized spacial score (nSPS) is 11.6. The Kier molecular flexibility index (Phi) is 21.4. The predicted molar refractivity (Wildman–Crippen MR) is 366 cm³/mol. The predicted octanol–water partition coefficient (Wildman–Crippen LogP) is 14.9. The summed E-state index contributed by atoms with van der Waals surface area (Å²) >= 11 is 0. The molecule has 23 heteroatoms. The summed E-state index contributed by atoms with van der Waals surface area (Å²) in [6, 6.07) is 2.18. The van der Waals surface area contributed by atoms with Crippen molar-refractivity contribution >= 4 is 66.9 Å². The Hall–Kier alpha value is -8.63. The van der Waals surface area contributed by atoms with Crippen molar-refractivity contribution in [1.29, 1.82) is 0 Å². The second-order valence-corrected chi connectivity index (χ2v) is 25.6. The molecule has 0 saturated carbocycles. The van der Waals surface area contributed by atoms with Gasteiger partial charge >= 0.3 is 0 Å². The Morgan fingerprint density at radius 1 is 0.253 bits per heavy atom. The maximum atomic E-state index is 4.68. The van der Waals surface area contributed by atoms with Gasteiger partial charge in [0, 0.05) is 47.0 Å². The molecule has 0 aliphatic heterocycles. The lowest BCUT2D eigenvalue weighted by molar-refractivity contribution is 0.526. The zero-order chi connectivity index (χ0) is 67.8. The van der Waals surface area contributed by atoms with E-state index in [1.807, 2.05) is 99.4 Å². The molecule has 12 heterocycles. The van der Waals surface area contributed by atoms with E-state index in [0.717, 1.165) is 148 Å². The fourth-order valence-electron chi connectivity index (χ4n) is 11.8. The van der Waals surface area contributed by atoms with Crippen LogP contribution in [0.2, 0.25) is 0 Å². The first-order valence-electron chi connectivity index (χ1n) is 31.8. The highest BCUT2D eigenvalue weighted by atomic mass is 15.5. The molecule has 0 aliphatic carbocycles. The maximum absolute atomic E-state index is 4.68. The van der Waals surface area contributed by atoms with Crippen LogP contribution in [-0.4, -0.2) is 113 Å². The van der Waals surface area contributed by atoms with Crippen LogP contribution in [0.15, 0.2) is 0 Å². The lowest BCUT2D eigenvalue weighted by Gasteiger charge is -2.11. The molecule has 91 heavy (non-hydrogen) atoms. The van der Waals surface area contributed by atoms with E-state index >= 15 is 0 Å². The van der Waals surface area contributed by atoms with Gasteiger partial charge in [0.05, 0.1) is 51.3 Å². The zero-order valence-electron chi connectivity index (χ0n) is 60.3. The van der Waals surface area contributed by atoms with Gasteiger partial charge in [0.2, 0.25) is 0 Å². The number of imidazole rings is 3. The number of rotatable bonds is 6. The summed E-state index contributed by atoms with van der Waals surface area (Å²) in [5, 5.41) is 14.9. The van der Waals surface area contributed by atoms with Crippen LogP contribution in [0.5, 0.6) is 0 Å². The van der Waals surface area contributed by atoms with Crippen LogP contribution in [0.25, 0.3) is 66.9 Å². The third kappa shape index (κ3) is 14.4. The lowest BCUT2D eigenvalue weighted by Crippen LogP contribution is -2.05. The molecule has 0 bridgehead atoms. The largest absolute Gasteiger partial charge is 0.327 e. The molecule has 12 aromatic heterocycles. The van der Waals surface area contributed by atoms with Gasteiger partial charge in [-0.3, -0.25) is 0 Å². The smallest absolute Gasteiger partial charge is 0.197 e. The third-order valence-electron chi connectivity index (χ3n) is 16.3. The summed E-state index contributed by atoms with van der Waals surface area (Å²) in [5.41, 5.74) is 22.3. The molecule has 0 amide bonds. The molecular formula is C68H99N23. The summed E-state index contributed by atoms with van der Waals surface area (Å²) in [6.07, 6.45) is 0. The van der Waals surface area contributed by atoms with Crippen LogP contribution in [-0.2, 0) is 0 Å². The van der Waals surface area contributed by atoms with Crippen molar-refractivity contribution in [2.75, 3.05) is 0 Å². The highest BCUT2D eigenvalue weighted by molar-refractivity contribution is 5.84. The molecule has 0 aromatic carbocycles. The van der Waals surface area contributed by atoms with E-state index < -0.39 is 0 Å². The van der Waals surface area contributed by atoms with E-state index in [1.165, 1.54) is 27.8 Å². The van der Waals surface area contributed by atoms with Crippen molar-refractivity contribution in [1.82, 2.24) is 113 Å². The minimum absolute atomic E-state index is 0.272. The summed E-state index contributed by atoms with van der Waals surface area (Å²) in [4.78, 5) is 62.5. The first-order valence-corrected chi connectivity index (χ1v) is 31.8. The van der Waals surface area contributed by atoms with Crippen LogP contribution in [0.4, 0.5) is 0 Å². The monoisotopic (exact) mass is 1240 g/mol. The van der Waals surface area contributed by atoms with Crippen LogP contribution in [0, 0.1) is 132 Å². The second-order valence-electron chi connectivity index (χ2n) is 25.6. The first-order chi connectivity index (χ1) is 42.5. The number of aromatic nitrogens is 23. The van der Waals surface area contributed by atoms with Gasteiger partial charge in [-0.05, 0) is 231 Å². The van der Waals surface area contributed by atoms with E-state index in [0.29, 0.717) is 30.2 Å². The van der Waals surface area contributed by atoms with Gasteiger partial charge in [-0.15, -0.1) is 5.10 Å². The Balaban J connectivity index is 0.000000155. The fourth-order valence-corrected chi connectivity index (χ4v) is 11.8. The molecule has 0 atom stereocenters. The molecular weight excluding hydrogens is 1140 g/mol. The van der Waals surface area contributed by atoms with Gasteiger partial charge in [0.25, 0.3) is 0 Å². The van der Waals surface area contributed by atoms with Crippen molar-refractivity contribution in [2.45, 2.75) is 251 Å². The van der Waals surface area contributed by atoms with E-state index in [-0.39, 0.29) is 6.04 Å². The lowest BCUT2D eigenvalue weighted by atomic mass is 10.1. The van der Waals surface area contributed by atoms with Gasteiger partial charge in [-0.2, -0.15) is 5.10 Å². The molecule has 0 radical (unpaired) electrons. The Morgan fingerprint density at radius 3 is 1.18 bits per heavy atom. The van der Waals surface area contributed by atoms with E-state index in [2.05, 4.69) is 228 Å². The average Bonchev–Trinajstić information content (AvgIpc) is 1.70.